The second-order valence-corrected chi connectivity index (χ2v) is 2.58. The number of azide groups is 1. The Kier molecular flexibility index (Phi) is 3.61. The van der Waals surface area contributed by atoms with Gasteiger partial charge in [0, 0.05) is 10.2 Å². The van der Waals surface area contributed by atoms with E-state index in [1.165, 1.54) is 0 Å². The fraction of sp³-hybridized carbons (Fsp3) is 1.00. The van der Waals surface area contributed by atoms with Crippen LogP contribution in [0.25, 0.3) is 10.4 Å². The van der Waals surface area contributed by atoms with Gasteiger partial charge in [0.25, 0.3) is 0 Å². The van der Waals surface area contributed by atoms with Gasteiger partial charge in [-0.1, -0.05) is 21.0 Å². The molecule has 0 aromatic heterocycles. The minimum atomic E-state index is -0.910. The van der Waals surface area contributed by atoms with Crippen molar-refractivity contribution < 1.29 is 5.11 Å². The number of aliphatic hydroxyl groups is 1. The van der Waals surface area contributed by atoms with Crippen LogP contribution in [0, 0.1) is 0 Å². The quantitative estimate of drug-likeness (QED) is 0.314. The van der Waals surface area contributed by atoms with Gasteiger partial charge in [-0.15, -0.1) is 0 Å². The predicted molar refractivity (Wildman–Crippen MR) is 38.4 cm³/mol. The van der Waals surface area contributed by atoms with Gasteiger partial charge >= 0.3 is 0 Å². The van der Waals surface area contributed by atoms with Crippen molar-refractivity contribution in [2.75, 3.05) is 11.9 Å². The lowest BCUT2D eigenvalue weighted by molar-refractivity contribution is 0.0963. The molecule has 0 aliphatic rings. The third-order valence-corrected chi connectivity index (χ3v) is 1.97. The Labute approximate surface area is 61.6 Å². The summed E-state index contributed by atoms with van der Waals surface area (Å²) in [6, 6.07) is 0. The Bertz CT molecular complexity index is 130. The molecule has 0 saturated heterocycles. The second kappa shape index (κ2) is 3.71. The maximum Gasteiger partial charge on any atom is 0.0772 e. The Morgan fingerprint density at radius 3 is 2.78 bits per heavy atom. The molecule has 0 heterocycles. The first kappa shape index (κ1) is 8.75. The van der Waals surface area contributed by atoms with Gasteiger partial charge in [-0.2, -0.15) is 0 Å². The highest BCUT2D eigenvalue weighted by Gasteiger charge is 2.16. The maximum absolute atomic E-state index is 9.14. The summed E-state index contributed by atoms with van der Waals surface area (Å²) in [7, 11) is 0. The minimum Gasteiger partial charge on any atom is -0.389 e. The van der Waals surface area contributed by atoms with Gasteiger partial charge in [0.1, 0.15) is 0 Å². The van der Waals surface area contributed by atoms with Gasteiger partial charge < -0.3 is 5.11 Å². The molecule has 5 heteroatoms. The van der Waals surface area contributed by atoms with E-state index in [0.29, 0.717) is 5.33 Å². The summed E-state index contributed by atoms with van der Waals surface area (Å²) >= 11 is 3.07. The van der Waals surface area contributed by atoms with Gasteiger partial charge in [-0.3, -0.25) is 0 Å². The first-order valence-electron chi connectivity index (χ1n) is 2.41. The van der Waals surface area contributed by atoms with Crippen molar-refractivity contribution in [2.24, 2.45) is 5.11 Å². The summed E-state index contributed by atoms with van der Waals surface area (Å²) < 4.78 is 0. The molecule has 9 heavy (non-hydrogen) atoms. The Balaban J connectivity index is 3.71. The number of nitrogens with zero attached hydrogens (tertiary/aromatic N) is 3. The van der Waals surface area contributed by atoms with Crippen LogP contribution in [0.3, 0.4) is 0 Å². The Morgan fingerprint density at radius 1 is 1.89 bits per heavy atom. The molecular weight excluding hydrogens is 186 g/mol. The van der Waals surface area contributed by atoms with Crippen LogP contribution < -0.4 is 0 Å². The molecule has 0 fully saturated rings. The van der Waals surface area contributed by atoms with Crippen LogP contribution in [0.4, 0.5) is 0 Å². The summed E-state index contributed by atoms with van der Waals surface area (Å²) in [4.78, 5) is 2.51. The lowest BCUT2D eigenvalue weighted by atomic mass is 10.1. The minimum absolute atomic E-state index is 0.106. The van der Waals surface area contributed by atoms with Gasteiger partial charge in [-0.05, 0) is 12.5 Å². The van der Waals surface area contributed by atoms with Gasteiger partial charge in [-0.25, -0.2) is 0 Å². The normalized spacial score (nSPS) is 15.9. The molecule has 0 saturated carbocycles. The molecule has 1 atom stereocenters. The van der Waals surface area contributed by atoms with Crippen molar-refractivity contribution in [1.82, 2.24) is 0 Å². The molecule has 0 radical (unpaired) electrons. The topological polar surface area (TPSA) is 69.0 Å². The Hall–Kier alpha value is -0.250. The van der Waals surface area contributed by atoms with Gasteiger partial charge in [0.05, 0.1) is 12.1 Å². The predicted octanol–water partition coefficient (Wildman–Crippen LogP) is 1.44. The molecule has 4 nitrogen and oxygen atoms in total. The van der Waals surface area contributed by atoms with Crippen LogP contribution in [0.2, 0.25) is 0 Å². The van der Waals surface area contributed by atoms with E-state index in [0.717, 1.165) is 0 Å². The van der Waals surface area contributed by atoms with E-state index in [1.807, 2.05) is 0 Å². The first-order valence-corrected chi connectivity index (χ1v) is 3.54. The number of hydrogen-bond donors (Lipinski definition) is 1. The lowest BCUT2D eigenvalue weighted by Gasteiger charge is -2.15. The average molecular weight is 194 g/mol. The van der Waals surface area contributed by atoms with E-state index in [2.05, 4.69) is 26.0 Å². The monoisotopic (exact) mass is 193 g/mol. The van der Waals surface area contributed by atoms with Crippen LogP contribution in [0.1, 0.15) is 6.92 Å². The highest BCUT2D eigenvalue weighted by Crippen LogP contribution is 2.06. The highest BCUT2D eigenvalue weighted by atomic mass is 79.9. The van der Waals surface area contributed by atoms with Crippen molar-refractivity contribution in [3.05, 3.63) is 10.4 Å². The van der Waals surface area contributed by atoms with Crippen LogP contribution in [-0.4, -0.2) is 22.6 Å². The molecule has 0 rings (SSSR count). The maximum atomic E-state index is 9.14. The molecule has 0 aromatic rings. The SMILES string of the molecule is CC(O)(CBr)CN=[N+]=[N-]. The van der Waals surface area contributed by atoms with Crippen molar-refractivity contribution in [1.29, 1.82) is 0 Å². The molecule has 52 valence electrons. The summed E-state index contributed by atoms with van der Waals surface area (Å²) in [6.45, 7) is 1.70. The number of halogens is 1. The zero-order valence-electron chi connectivity index (χ0n) is 5.08. The van der Waals surface area contributed by atoms with Crippen LogP contribution in [-0.2, 0) is 0 Å². The molecule has 0 spiro atoms. The van der Waals surface area contributed by atoms with Crippen molar-refractivity contribution in [3.8, 4) is 0 Å². The molecule has 1 unspecified atom stereocenters. The molecule has 1 N–H and O–H groups in total. The largest absolute Gasteiger partial charge is 0.389 e. The molecule has 0 aliphatic heterocycles. The van der Waals surface area contributed by atoms with E-state index in [4.69, 9.17) is 10.6 Å². The molecule has 0 amide bonds. The second-order valence-electron chi connectivity index (χ2n) is 2.02. The number of alkyl halides is 1. The van der Waals surface area contributed by atoms with Gasteiger partial charge in [0.15, 0.2) is 0 Å². The smallest absolute Gasteiger partial charge is 0.0772 e. The Morgan fingerprint density at radius 2 is 2.44 bits per heavy atom. The third-order valence-electron chi connectivity index (χ3n) is 0.762. The van der Waals surface area contributed by atoms with Crippen molar-refractivity contribution >= 4 is 15.9 Å². The van der Waals surface area contributed by atoms with Crippen LogP contribution in [0.15, 0.2) is 5.11 Å². The van der Waals surface area contributed by atoms with Crippen LogP contribution >= 0.6 is 15.9 Å². The molecule has 0 aliphatic carbocycles. The zero-order chi connectivity index (χ0) is 7.33. The zero-order valence-corrected chi connectivity index (χ0v) is 6.67. The number of rotatable bonds is 3. The fourth-order valence-corrected chi connectivity index (χ4v) is 0.404. The summed E-state index contributed by atoms with van der Waals surface area (Å²) in [5.41, 5.74) is 6.95. The summed E-state index contributed by atoms with van der Waals surface area (Å²) in [5, 5.41) is 12.8. The highest BCUT2D eigenvalue weighted by molar-refractivity contribution is 9.09. The average Bonchev–Trinajstić information content (AvgIpc) is 1.84. The first-order chi connectivity index (χ1) is 4.12. The molecule has 0 aromatic carbocycles. The van der Waals surface area contributed by atoms with Crippen molar-refractivity contribution in [3.63, 3.8) is 0 Å². The molecule has 0 bridgehead atoms. The van der Waals surface area contributed by atoms with Crippen molar-refractivity contribution in [2.45, 2.75) is 12.5 Å². The van der Waals surface area contributed by atoms with E-state index >= 15 is 0 Å². The fourth-order valence-electron chi connectivity index (χ4n) is 0.226. The van der Waals surface area contributed by atoms with Gasteiger partial charge in [0.2, 0.25) is 0 Å². The third kappa shape index (κ3) is 4.27. The van der Waals surface area contributed by atoms with E-state index in [-0.39, 0.29) is 6.54 Å². The van der Waals surface area contributed by atoms with E-state index in [1.54, 1.807) is 6.92 Å². The van der Waals surface area contributed by atoms with E-state index < -0.39 is 5.60 Å². The lowest BCUT2D eigenvalue weighted by Crippen LogP contribution is -2.29. The van der Waals surface area contributed by atoms with E-state index in [9.17, 15) is 0 Å². The summed E-state index contributed by atoms with van der Waals surface area (Å²) in [5.74, 6) is 0. The summed E-state index contributed by atoms with van der Waals surface area (Å²) in [6.07, 6.45) is 0. The van der Waals surface area contributed by atoms with Crippen LogP contribution in [0.5, 0.6) is 0 Å². The standard InChI is InChI=1S/C4H8BrN3O/c1-4(9,2-5)3-7-8-6/h9H,2-3H2,1H3. The number of hydrogen-bond acceptors (Lipinski definition) is 2. The molecular formula is C4H8BrN3O.